The second-order valence-corrected chi connectivity index (χ2v) is 8.54. The summed E-state index contributed by atoms with van der Waals surface area (Å²) in [5.41, 5.74) is 2.32. The molecule has 0 aromatic heterocycles. The maximum Gasteiger partial charge on any atom is 0.329 e. The van der Waals surface area contributed by atoms with E-state index in [0.717, 1.165) is 22.4 Å². The zero-order chi connectivity index (χ0) is 23.0. The Kier molecular flexibility index (Phi) is 7.66. The van der Waals surface area contributed by atoms with Gasteiger partial charge in [0.2, 0.25) is 6.41 Å². The largest absolute Gasteiger partial charge is 0.488 e. The van der Waals surface area contributed by atoms with Crippen LogP contribution in [0.3, 0.4) is 0 Å². The summed E-state index contributed by atoms with van der Waals surface area (Å²) >= 11 is 0. The van der Waals surface area contributed by atoms with Gasteiger partial charge in [0.15, 0.2) is 6.10 Å². The summed E-state index contributed by atoms with van der Waals surface area (Å²) in [6, 6.07) is 25.8. The number of ether oxygens (including phenoxy) is 2. The van der Waals surface area contributed by atoms with E-state index in [0.29, 0.717) is 12.8 Å². The molecule has 0 radical (unpaired) electrons. The number of benzene rings is 3. The summed E-state index contributed by atoms with van der Waals surface area (Å²) < 4.78 is 11.8. The molecule has 32 heavy (non-hydrogen) atoms. The number of carbonyl (C=O) groups is 2. The molecule has 1 atom stereocenters. The van der Waals surface area contributed by atoms with Crippen molar-refractivity contribution in [1.82, 2.24) is 5.32 Å². The molecule has 0 saturated carbocycles. The Morgan fingerprint density at radius 1 is 0.875 bits per heavy atom. The van der Waals surface area contributed by atoms with Crippen LogP contribution in [0, 0.1) is 0 Å². The number of nitrogens with one attached hydrogen (secondary N) is 1. The predicted molar refractivity (Wildman–Crippen MR) is 124 cm³/mol. The molecule has 0 bridgehead atoms. The molecule has 3 aromatic rings. The van der Waals surface area contributed by atoms with Gasteiger partial charge in [0.25, 0.3) is 0 Å². The van der Waals surface area contributed by atoms with Crippen LogP contribution in [-0.2, 0) is 20.7 Å². The second kappa shape index (κ2) is 10.6. The average molecular weight is 432 g/mol. The molecule has 0 aliphatic heterocycles. The summed E-state index contributed by atoms with van der Waals surface area (Å²) in [6.45, 7) is 5.95. The van der Waals surface area contributed by atoms with Crippen LogP contribution in [0.25, 0.3) is 0 Å². The predicted octanol–water partition coefficient (Wildman–Crippen LogP) is 4.85. The molecule has 0 aliphatic rings. The van der Waals surface area contributed by atoms with E-state index in [9.17, 15) is 9.59 Å². The topological polar surface area (TPSA) is 64.6 Å². The molecule has 0 heterocycles. The van der Waals surface area contributed by atoms with Crippen LogP contribution in [0.15, 0.2) is 84.9 Å². The first kappa shape index (κ1) is 23.1. The zero-order valence-corrected chi connectivity index (χ0v) is 18.7. The van der Waals surface area contributed by atoms with Crippen LogP contribution in [0.5, 0.6) is 5.75 Å². The first-order valence-corrected chi connectivity index (χ1v) is 10.6. The molecule has 5 heteroatoms. The molecule has 166 valence electrons. The van der Waals surface area contributed by atoms with Crippen molar-refractivity contribution in [2.24, 2.45) is 0 Å². The van der Waals surface area contributed by atoms with Crippen LogP contribution in [0.2, 0.25) is 0 Å². The summed E-state index contributed by atoms with van der Waals surface area (Å²) in [6.07, 6.45) is 0.274. The first-order chi connectivity index (χ1) is 15.4. The molecule has 5 nitrogen and oxygen atoms in total. The van der Waals surface area contributed by atoms with Gasteiger partial charge in [-0.2, -0.15) is 0 Å². The van der Waals surface area contributed by atoms with Crippen molar-refractivity contribution >= 4 is 12.4 Å². The monoisotopic (exact) mass is 431 g/mol. The van der Waals surface area contributed by atoms with Crippen LogP contribution < -0.4 is 10.1 Å². The quantitative estimate of drug-likeness (QED) is 0.388. The molecule has 3 aromatic carbocycles. The molecule has 0 fully saturated rings. The van der Waals surface area contributed by atoms with Gasteiger partial charge in [-0.05, 0) is 49.6 Å². The van der Waals surface area contributed by atoms with E-state index in [1.165, 1.54) is 0 Å². The van der Waals surface area contributed by atoms with E-state index >= 15 is 0 Å². The molecular weight excluding hydrogens is 402 g/mol. The lowest BCUT2D eigenvalue weighted by Crippen LogP contribution is -2.39. The van der Waals surface area contributed by atoms with Gasteiger partial charge in [0, 0.05) is 6.42 Å². The third-order valence-corrected chi connectivity index (χ3v) is 4.78. The summed E-state index contributed by atoms with van der Waals surface area (Å²) in [5.74, 6) is 0.252. The van der Waals surface area contributed by atoms with Gasteiger partial charge < -0.3 is 14.8 Å². The minimum atomic E-state index is -0.809. The lowest BCUT2D eigenvalue weighted by Gasteiger charge is -2.23. The summed E-state index contributed by atoms with van der Waals surface area (Å²) in [7, 11) is 0. The van der Waals surface area contributed by atoms with Crippen molar-refractivity contribution in [1.29, 1.82) is 0 Å². The fraction of sp³-hybridized carbons (Fsp3) is 0.259. The lowest BCUT2D eigenvalue weighted by atomic mass is 10.0. The fourth-order valence-corrected chi connectivity index (χ4v) is 3.36. The van der Waals surface area contributed by atoms with Crippen molar-refractivity contribution in [2.75, 3.05) is 0 Å². The van der Waals surface area contributed by atoms with Gasteiger partial charge in [-0.15, -0.1) is 0 Å². The molecule has 1 N–H and O–H groups in total. The average Bonchev–Trinajstić information content (AvgIpc) is 2.78. The third-order valence-electron chi connectivity index (χ3n) is 4.78. The van der Waals surface area contributed by atoms with Crippen molar-refractivity contribution in [3.63, 3.8) is 0 Å². The van der Waals surface area contributed by atoms with E-state index in [1.54, 1.807) is 0 Å². The summed E-state index contributed by atoms with van der Waals surface area (Å²) in [4.78, 5) is 24.3. The van der Waals surface area contributed by atoms with E-state index in [1.807, 2.05) is 106 Å². The lowest BCUT2D eigenvalue weighted by molar-refractivity contribution is -0.150. The highest BCUT2D eigenvalue weighted by molar-refractivity contribution is 5.79. The number of carbonyl (C=O) groups excluding carboxylic acids is 2. The van der Waals surface area contributed by atoms with Gasteiger partial charge in [0.1, 0.15) is 17.4 Å². The summed E-state index contributed by atoms with van der Waals surface area (Å²) in [5, 5.41) is 2.61. The normalized spacial score (nSPS) is 12.1. The maximum atomic E-state index is 13.1. The Labute approximate surface area is 189 Å². The maximum absolute atomic E-state index is 13.1. The Morgan fingerprint density at radius 3 is 1.88 bits per heavy atom. The molecular formula is C27H29NO4. The number of rotatable bonds is 9. The first-order valence-electron chi connectivity index (χ1n) is 10.6. The number of hydrogen-bond donors (Lipinski definition) is 1. The van der Waals surface area contributed by atoms with Gasteiger partial charge >= 0.3 is 5.97 Å². The van der Waals surface area contributed by atoms with Gasteiger partial charge in [-0.1, -0.05) is 72.8 Å². The van der Waals surface area contributed by atoms with Gasteiger partial charge in [-0.3, -0.25) is 4.79 Å². The molecule has 0 spiro atoms. The van der Waals surface area contributed by atoms with Crippen molar-refractivity contribution < 1.29 is 19.1 Å². The van der Waals surface area contributed by atoms with Crippen LogP contribution >= 0.6 is 0 Å². The van der Waals surface area contributed by atoms with E-state index in [-0.39, 0.29) is 5.60 Å². The van der Waals surface area contributed by atoms with Crippen molar-refractivity contribution in [2.45, 2.75) is 44.9 Å². The molecule has 3 rings (SSSR count). The number of hydrogen-bond acceptors (Lipinski definition) is 4. The molecule has 0 unspecified atom stereocenters. The zero-order valence-electron chi connectivity index (χ0n) is 18.7. The van der Waals surface area contributed by atoms with E-state index < -0.39 is 18.1 Å². The number of esters is 1. The van der Waals surface area contributed by atoms with E-state index in [4.69, 9.17) is 9.47 Å². The Hall–Kier alpha value is -3.60. The standard InChI is InChI=1S/C27H29NO4/c1-27(2,3)32-23-16-14-20(15-17-23)18-24(28-19-29)26(30)31-25(21-10-6-4-7-11-21)22-12-8-5-9-13-22/h4-17,19,24-25H,18H2,1-3H3,(H,28,29)/t24-/m0/s1. The molecule has 1 amide bonds. The van der Waals surface area contributed by atoms with Crippen molar-refractivity contribution in [3.05, 3.63) is 102 Å². The van der Waals surface area contributed by atoms with Crippen LogP contribution in [0.4, 0.5) is 0 Å². The van der Waals surface area contributed by atoms with Crippen LogP contribution in [-0.4, -0.2) is 24.0 Å². The smallest absolute Gasteiger partial charge is 0.329 e. The Balaban J connectivity index is 1.76. The Bertz CT molecular complexity index is 956. The molecule has 0 aliphatic carbocycles. The minimum absolute atomic E-state index is 0.295. The molecule has 0 saturated heterocycles. The van der Waals surface area contributed by atoms with Gasteiger partial charge in [-0.25, -0.2) is 4.79 Å². The second-order valence-electron chi connectivity index (χ2n) is 8.54. The highest BCUT2D eigenvalue weighted by Crippen LogP contribution is 2.27. The SMILES string of the molecule is CC(C)(C)Oc1ccc(C[C@H](NC=O)C(=O)OC(c2ccccc2)c2ccccc2)cc1. The van der Waals surface area contributed by atoms with Crippen molar-refractivity contribution in [3.8, 4) is 5.75 Å². The third kappa shape index (κ3) is 6.71. The highest BCUT2D eigenvalue weighted by atomic mass is 16.5. The van der Waals surface area contributed by atoms with E-state index in [2.05, 4.69) is 5.32 Å². The fourth-order valence-electron chi connectivity index (χ4n) is 3.36. The Morgan fingerprint density at radius 2 is 1.41 bits per heavy atom. The van der Waals surface area contributed by atoms with Gasteiger partial charge in [0.05, 0.1) is 0 Å². The van der Waals surface area contributed by atoms with Crippen LogP contribution in [0.1, 0.15) is 43.6 Å². The minimum Gasteiger partial charge on any atom is -0.488 e. The number of amides is 1. The highest BCUT2D eigenvalue weighted by Gasteiger charge is 2.25.